The van der Waals surface area contributed by atoms with Crippen LogP contribution >= 0.6 is 0 Å². The number of piperazine rings is 1. The number of aromatic nitrogens is 3. The smallest absolute Gasteiger partial charge is 0.256 e. The minimum absolute atomic E-state index is 0.0945. The second-order valence-electron chi connectivity index (χ2n) is 7.52. The van der Waals surface area contributed by atoms with Gasteiger partial charge in [-0.1, -0.05) is 6.07 Å². The molecule has 0 aliphatic carbocycles. The van der Waals surface area contributed by atoms with Gasteiger partial charge >= 0.3 is 0 Å². The van der Waals surface area contributed by atoms with E-state index in [9.17, 15) is 4.79 Å². The van der Waals surface area contributed by atoms with Crippen molar-refractivity contribution in [2.45, 2.75) is 12.8 Å². The zero-order chi connectivity index (χ0) is 18.4. The maximum absolute atomic E-state index is 13.6. The SMILES string of the molecule is CN1CCN(C(=O)c2c3c(N4CCCC4)ncnc3n3ccccc23)CC1. The van der Waals surface area contributed by atoms with Gasteiger partial charge in [0.15, 0.2) is 5.65 Å². The lowest BCUT2D eigenvalue weighted by atomic mass is 10.1. The number of hydrogen-bond acceptors (Lipinski definition) is 5. The summed E-state index contributed by atoms with van der Waals surface area (Å²) in [7, 11) is 2.10. The van der Waals surface area contributed by atoms with Crippen molar-refractivity contribution in [2.24, 2.45) is 0 Å². The molecule has 5 rings (SSSR count). The van der Waals surface area contributed by atoms with E-state index < -0.39 is 0 Å². The van der Waals surface area contributed by atoms with Gasteiger partial charge in [-0.05, 0) is 32.0 Å². The van der Waals surface area contributed by atoms with Crippen LogP contribution in [0.3, 0.4) is 0 Å². The van der Waals surface area contributed by atoms with Crippen molar-refractivity contribution in [3.63, 3.8) is 0 Å². The Morgan fingerprint density at radius 2 is 1.78 bits per heavy atom. The molecule has 0 bridgehead atoms. The van der Waals surface area contributed by atoms with E-state index >= 15 is 0 Å². The molecule has 5 heterocycles. The van der Waals surface area contributed by atoms with Crippen molar-refractivity contribution in [1.29, 1.82) is 0 Å². The Hall–Kier alpha value is -2.67. The third-order valence-electron chi connectivity index (χ3n) is 5.81. The zero-order valence-electron chi connectivity index (χ0n) is 15.6. The van der Waals surface area contributed by atoms with E-state index in [0.29, 0.717) is 0 Å². The van der Waals surface area contributed by atoms with Gasteiger partial charge in [-0.15, -0.1) is 0 Å². The van der Waals surface area contributed by atoms with Crippen LogP contribution in [0.25, 0.3) is 16.6 Å². The van der Waals surface area contributed by atoms with Crippen LogP contribution in [0.1, 0.15) is 23.2 Å². The first kappa shape index (κ1) is 16.5. The lowest BCUT2D eigenvalue weighted by molar-refractivity contribution is 0.0668. The van der Waals surface area contributed by atoms with Gasteiger partial charge < -0.3 is 19.1 Å². The highest BCUT2D eigenvalue weighted by Crippen LogP contribution is 2.34. The Morgan fingerprint density at radius 3 is 2.56 bits per heavy atom. The number of carbonyl (C=O) groups is 1. The molecule has 0 aromatic carbocycles. The number of rotatable bonds is 2. The van der Waals surface area contributed by atoms with Crippen LogP contribution in [0.5, 0.6) is 0 Å². The highest BCUT2D eigenvalue weighted by molar-refractivity contribution is 6.16. The first-order chi connectivity index (χ1) is 13.2. The summed E-state index contributed by atoms with van der Waals surface area (Å²) in [5.41, 5.74) is 2.48. The van der Waals surface area contributed by atoms with E-state index in [-0.39, 0.29) is 5.91 Å². The highest BCUT2D eigenvalue weighted by Gasteiger charge is 2.29. The van der Waals surface area contributed by atoms with Crippen molar-refractivity contribution in [1.82, 2.24) is 24.2 Å². The van der Waals surface area contributed by atoms with Crippen molar-refractivity contribution in [2.75, 3.05) is 51.2 Å². The van der Waals surface area contributed by atoms with Gasteiger partial charge in [0.2, 0.25) is 0 Å². The van der Waals surface area contributed by atoms with Gasteiger partial charge in [-0.2, -0.15) is 0 Å². The summed E-state index contributed by atoms with van der Waals surface area (Å²) in [6.45, 7) is 5.30. The van der Waals surface area contributed by atoms with Crippen LogP contribution in [0.4, 0.5) is 5.82 Å². The van der Waals surface area contributed by atoms with Gasteiger partial charge in [0.05, 0.1) is 16.5 Å². The van der Waals surface area contributed by atoms with E-state index in [1.165, 1.54) is 12.8 Å². The normalized spacial score (nSPS) is 18.7. The van der Waals surface area contributed by atoms with Crippen LogP contribution in [-0.2, 0) is 0 Å². The first-order valence-corrected chi connectivity index (χ1v) is 9.70. The molecular formula is C20H24N6O. The summed E-state index contributed by atoms with van der Waals surface area (Å²) in [5, 5.41) is 0.898. The maximum Gasteiger partial charge on any atom is 0.256 e. The quantitative estimate of drug-likeness (QED) is 0.695. The molecule has 0 saturated carbocycles. The molecule has 2 fully saturated rings. The topological polar surface area (TPSA) is 57.0 Å². The number of pyridine rings is 1. The predicted molar refractivity (Wildman–Crippen MR) is 105 cm³/mol. The van der Waals surface area contributed by atoms with Crippen molar-refractivity contribution >= 4 is 28.3 Å². The van der Waals surface area contributed by atoms with Crippen LogP contribution < -0.4 is 4.90 Å². The molecule has 3 aromatic heterocycles. The second-order valence-corrected chi connectivity index (χ2v) is 7.52. The standard InChI is InChI=1S/C20H24N6O/c1-23-10-12-25(13-11-23)20(27)16-15-6-2-3-9-26(15)19-17(16)18(21-14-22-19)24-7-4-5-8-24/h2-3,6,9,14H,4-5,7-8,10-13H2,1H3. The van der Waals surface area contributed by atoms with Gasteiger partial charge in [-0.25, -0.2) is 9.97 Å². The van der Waals surface area contributed by atoms with E-state index in [0.717, 1.165) is 67.2 Å². The minimum atomic E-state index is 0.0945. The molecule has 0 unspecified atom stereocenters. The van der Waals surface area contributed by atoms with Crippen LogP contribution in [0.15, 0.2) is 30.7 Å². The highest BCUT2D eigenvalue weighted by atomic mass is 16.2. The molecule has 2 aliphatic rings. The number of fused-ring (bicyclic) bond motifs is 3. The summed E-state index contributed by atoms with van der Waals surface area (Å²) in [6.07, 6.45) is 5.94. The fourth-order valence-corrected chi connectivity index (χ4v) is 4.29. The first-order valence-electron chi connectivity index (χ1n) is 9.70. The van der Waals surface area contributed by atoms with Crippen molar-refractivity contribution in [3.05, 3.63) is 36.3 Å². The summed E-state index contributed by atoms with van der Waals surface area (Å²) >= 11 is 0. The molecule has 0 N–H and O–H groups in total. The fourth-order valence-electron chi connectivity index (χ4n) is 4.29. The Kier molecular flexibility index (Phi) is 3.97. The van der Waals surface area contributed by atoms with Crippen LogP contribution in [-0.4, -0.2) is 76.4 Å². The molecule has 0 spiro atoms. The Labute approximate surface area is 158 Å². The molecule has 1 amide bonds. The molecule has 27 heavy (non-hydrogen) atoms. The number of carbonyl (C=O) groups excluding carboxylic acids is 1. The molecule has 140 valence electrons. The molecule has 0 atom stereocenters. The lowest BCUT2D eigenvalue weighted by Crippen LogP contribution is -2.47. The Morgan fingerprint density at radius 1 is 1.00 bits per heavy atom. The molecule has 7 nitrogen and oxygen atoms in total. The zero-order valence-corrected chi connectivity index (χ0v) is 15.6. The third kappa shape index (κ3) is 2.65. The molecule has 2 saturated heterocycles. The molecule has 2 aliphatic heterocycles. The largest absolute Gasteiger partial charge is 0.356 e. The average Bonchev–Trinajstić information content (AvgIpc) is 3.34. The van der Waals surface area contributed by atoms with Crippen LogP contribution in [0.2, 0.25) is 0 Å². The van der Waals surface area contributed by atoms with E-state index in [4.69, 9.17) is 0 Å². The van der Waals surface area contributed by atoms with Gasteiger partial charge in [0.25, 0.3) is 5.91 Å². The third-order valence-corrected chi connectivity index (χ3v) is 5.81. The second kappa shape index (κ2) is 6.49. The Balaban J connectivity index is 1.72. The predicted octanol–water partition coefficient (Wildman–Crippen LogP) is 1.87. The lowest BCUT2D eigenvalue weighted by Gasteiger charge is -2.32. The fraction of sp³-hybridized carbons (Fsp3) is 0.450. The van der Waals surface area contributed by atoms with Crippen molar-refractivity contribution < 1.29 is 4.79 Å². The monoisotopic (exact) mass is 364 g/mol. The number of hydrogen-bond donors (Lipinski definition) is 0. The number of nitrogens with zero attached hydrogens (tertiary/aromatic N) is 6. The number of amides is 1. The van der Waals surface area contributed by atoms with Crippen molar-refractivity contribution in [3.8, 4) is 0 Å². The van der Waals surface area contributed by atoms with Crippen LogP contribution in [0, 0.1) is 0 Å². The molecular weight excluding hydrogens is 340 g/mol. The average molecular weight is 364 g/mol. The molecule has 3 aromatic rings. The van der Waals surface area contributed by atoms with E-state index in [2.05, 4.69) is 26.8 Å². The maximum atomic E-state index is 13.6. The summed E-state index contributed by atoms with van der Waals surface area (Å²) in [6, 6.07) is 5.98. The number of likely N-dealkylation sites (N-methyl/N-ethyl adjacent to an activating group) is 1. The molecule has 0 radical (unpaired) electrons. The summed E-state index contributed by atoms with van der Waals surface area (Å²) in [4.78, 5) is 29.3. The van der Waals surface area contributed by atoms with E-state index in [1.54, 1.807) is 6.33 Å². The minimum Gasteiger partial charge on any atom is -0.356 e. The van der Waals surface area contributed by atoms with E-state index in [1.807, 2.05) is 33.7 Å². The van der Waals surface area contributed by atoms with Gasteiger partial charge in [0, 0.05) is 45.5 Å². The Bertz CT molecular complexity index is 998. The molecule has 7 heteroatoms. The summed E-state index contributed by atoms with van der Waals surface area (Å²) < 4.78 is 2.03. The summed E-state index contributed by atoms with van der Waals surface area (Å²) in [5.74, 6) is 0.996. The van der Waals surface area contributed by atoms with Gasteiger partial charge in [0.1, 0.15) is 12.1 Å². The number of anilines is 1. The van der Waals surface area contributed by atoms with Gasteiger partial charge in [-0.3, -0.25) is 4.79 Å².